The van der Waals surface area contributed by atoms with Gasteiger partial charge in [0.05, 0.1) is 12.0 Å². The van der Waals surface area contributed by atoms with Crippen molar-refractivity contribution >= 4 is 12.1 Å². The van der Waals surface area contributed by atoms with Crippen LogP contribution in [0.2, 0.25) is 0 Å². The number of carbonyl (C=O) groups is 2. The van der Waals surface area contributed by atoms with Gasteiger partial charge in [-0.25, -0.2) is 4.79 Å². The highest BCUT2D eigenvalue weighted by molar-refractivity contribution is 5.79. The normalized spacial score (nSPS) is 20.9. The van der Waals surface area contributed by atoms with Gasteiger partial charge in [0.2, 0.25) is 0 Å². The van der Waals surface area contributed by atoms with Crippen molar-refractivity contribution in [2.24, 2.45) is 5.92 Å². The van der Waals surface area contributed by atoms with Gasteiger partial charge in [-0.15, -0.1) is 0 Å². The zero-order chi connectivity index (χ0) is 19.7. The summed E-state index contributed by atoms with van der Waals surface area (Å²) in [5.41, 5.74) is 1.84. The van der Waals surface area contributed by atoms with Crippen molar-refractivity contribution in [1.82, 2.24) is 4.90 Å². The van der Waals surface area contributed by atoms with Gasteiger partial charge in [0.25, 0.3) is 0 Å². The van der Waals surface area contributed by atoms with E-state index in [2.05, 4.69) is 45.0 Å². The number of carbonyl (C=O) groups excluding carboxylic acids is 2. The van der Waals surface area contributed by atoms with Gasteiger partial charge in [-0.1, -0.05) is 45.0 Å². The molecule has 1 aromatic rings. The van der Waals surface area contributed by atoms with E-state index in [1.807, 2.05) is 0 Å². The summed E-state index contributed by atoms with van der Waals surface area (Å²) in [6, 6.07) is 7.48. The fraction of sp³-hybridized carbons (Fsp3) is 0.619. The fourth-order valence-corrected chi connectivity index (χ4v) is 3.29. The molecule has 0 N–H and O–H groups in total. The third-order valence-corrected chi connectivity index (χ3v) is 4.63. The first-order chi connectivity index (χ1) is 11.9. The highest BCUT2D eigenvalue weighted by atomic mass is 16.6. The van der Waals surface area contributed by atoms with Crippen molar-refractivity contribution in [2.75, 3.05) is 6.54 Å². The molecule has 1 amide bonds. The van der Waals surface area contributed by atoms with Gasteiger partial charge >= 0.3 is 6.09 Å². The van der Waals surface area contributed by atoms with Gasteiger partial charge in [0.15, 0.2) is 0 Å². The van der Waals surface area contributed by atoms with E-state index < -0.39 is 23.7 Å². The minimum Gasteiger partial charge on any atom is -0.548 e. The van der Waals surface area contributed by atoms with Gasteiger partial charge in [-0.2, -0.15) is 0 Å². The Kier molecular flexibility index (Phi) is 5.69. The Hall–Kier alpha value is -2.04. The van der Waals surface area contributed by atoms with E-state index in [-0.39, 0.29) is 11.3 Å². The number of aliphatic carboxylic acids is 1. The maximum absolute atomic E-state index is 12.3. The Morgan fingerprint density at radius 1 is 1.12 bits per heavy atom. The fourth-order valence-electron chi connectivity index (χ4n) is 3.29. The van der Waals surface area contributed by atoms with E-state index in [0.29, 0.717) is 13.0 Å². The van der Waals surface area contributed by atoms with E-state index in [1.165, 1.54) is 10.5 Å². The average molecular weight is 360 g/mol. The number of benzene rings is 1. The van der Waals surface area contributed by atoms with Crippen molar-refractivity contribution < 1.29 is 19.4 Å². The molecule has 2 atom stereocenters. The zero-order valence-corrected chi connectivity index (χ0v) is 16.7. The molecule has 0 unspecified atom stereocenters. The average Bonchev–Trinajstić information content (AvgIpc) is 2.89. The Morgan fingerprint density at radius 2 is 1.69 bits per heavy atom. The monoisotopic (exact) mass is 360 g/mol. The highest BCUT2D eigenvalue weighted by Gasteiger charge is 2.38. The lowest BCUT2D eigenvalue weighted by Gasteiger charge is -2.28. The molecule has 0 radical (unpaired) electrons. The van der Waals surface area contributed by atoms with Gasteiger partial charge in [-0.3, -0.25) is 4.90 Å². The summed E-state index contributed by atoms with van der Waals surface area (Å²) in [5.74, 6) is -1.15. The van der Waals surface area contributed by atoms with Crippen LogP contribution in [0.25, 0.3) is 0 Å². The van der Waals surface area contributed by atoms with Crippen molar-refractivity contribution in [3.05, 3.63) is 35.4 Å². The lowest BCUT2D eigenvalue weighted by atomic mass is 9.86. The largest absolute Gasteiger partial charge is 0.548 e. The van der Waals surface area contributed by atoms with Crippen molar-refractivity contribution in [3.63, 3.8) is 0 Å². The lowest BCUT2D eigenvalue weighted by Crippen LogP contribution is -2.48. The van der Waals surface area contributed by atoms with Crippen LogP contribution < -0.4 is 5.11 Å². The molecule has 1 saturated heterocycles. The minimum atomic E-state index is -1.22. The lowest BCUT2D eigenvalue weighted by molar-refractivity contribution is -0.310. The number of amides is 1. The van der Waals surface area contributed by atoms with E-state index in [9.17, 15) is 14.7 Å². The van der Waals surface area contributed by atoms with E-state index in [0.717, 1.165) is 12.0 Å². The van der Waals surface area contributed by atoms with E-state index in [4.69, 9.17) is 4.74 Å². The van der Waals surface area contributed by atoms with Crippen LogP contribution in [0, 0.1) is 5.92 Å². The topological polar surface area (TPSA) is 69.7 Å². The second-order valence-corrected chi connectivity index (χ2v) is 9.22. The standard InChI is InChI=1S/C21H31NO4/c1-20(2,3)16-9-7-14(8-10-16)11-15-12-17(18(23)24)22(13-15)19(25)26-21(4,5)6/h7-10,15,17H,11-13H2,1-6H3,(H,23,24)/p-1/t15-,17+/m1/s1. The summed E-state index contributed by atoms with van der Waals surface area (Å²) < 4.78 is 5.35. The smallest absolute Gasteiger partial charge is 0.410 e. The maximum Gasteiger partial charge on any atom is 0.410 e. The van der Waals surface area contributed by atoms with Crippen molar-refractivity contribution in [2.45, 2.75) is 71.4 Å². The number of hydrogen-bond acceptors (Lipinski definition) is 4. The number of carboxylic acid groups (broad SMARTS) is 1. The molecule has 5 heteroatoms. The first-order valence-corrected chi connectivity index (χ1v) is 9.17. The van der Waals surface area contributed by atoms with Crippen LogP contribution in [0.15, 0.2) is 24.3 Å². The molecule has 0 spiro atoms. The van der Waals surface area contributed by atoms with Crippen LogP contribution >= 0.6 is 0 Å². The van der Waals surface area contributed by atoms with Crippen LogP contribution in [-0.2, 0) is 21.4 Å². The molecule has 2 rings (SSSR count). The van der Waals surface area contributed by atoms with Crippen molar-refractivity contribution in [3.8, 4) is 0 Å². The Balaban J connectivity index is 2.07. The third-order valence-electron chi connectivity index (χ3n) is 4.63. The summed E-state index contributed by atoms with van der Waals surface area (Å²) in [6.45, 7) is 12.2. The quantitative estimate of drug-likeness (QED) is 0.831. The number of likely N-dealkylation sites (tertiary alicyclic amines) is 1. The number of hydrogen-bond donors (Lipinski definition) is 0. The molecule has 26 heavy (non-hydrogen) atoms. The Morgan fingerprint density at radius 3 is 2.15 bits per heavy atom. The predicted octanol–water partition coefficient (Wildman–Crippen LogP) is 2.90. The number of ether oxygens (including phenoxy) is 1. The van der Waals surface area contributed by atoms with Gasteiger partial charge in [-0.05, 0) is 56.1 Å². The van der Waals surface area contributed by atoms with Gasteiger partial charge < -0.3 is 14.6 Å². The number of carboxylic acids is 1. The number of rotatable bonds is 3. The molecule has 0 aromatic heterocycles. The van der Waals surface area contributed by atoms with Crippen LogP contribution in [0.5, 0.6) is 0 Å². The number of nitrogens with zero attached hydrogens (tertiary/aromatic N) is 1. The SMILES string of the molecule is CC(C)(C)OC(=O)N1C[C@H](Cc2ccc(C(C)(C)C)cc2)C[C@H]1C(=O)[O-]. The van der Waals surface area contributed by atoms with Gasteiger partial charge in [0, 0.05) is 6.54 Å². The molecule has 1 aliphatic rings. The first-order valence-electron chi connectivity index (χ1n) is 9.17. The molecule has 0 saturated carbocycles. The predicted molar refractivity (Wildman–Crippen MR) is 98.7 cm³/mol. The van der Waals surface area contributed by atoms with E-state index in [1.54, 1.807) is 20.8 Å². The molecule has 1 fully saturated rings. The van der Waals surface area contributed by atoms with Gasteiger partial charge in [0.1, 0.15) is 5.60 Å². The molecule has 1 aliphatic heterocycles. The third kappa shape index (κ3) is 5.23. The molecule has 0 aliphatic carbocycles. The van der Waals surface area contributed by atoms with Crippen LogP contribution in [0.3, 0.4) is 0 Å². The van der Waals surface area contributed by atoms with Crippen LogP contribution in [0.1, 0.15) is 59.1 Å². The Bertz CT molecular complexity index is 652. The van der Waals surface area contributed by atoms with Crippen LogP contribution in [0.4, 0.5) is 4.79 Å². The molecule has 0 bridgehead atoms. The summed E-state index contributed by atoms with van der Waals surface area (Å²) in [5, 5.41) is 11.5. The summed E-state index contributed by atoms with van der Waals surface area (Å²) in [4.78, 5) is 25.1. The van der Waals surface area contributed by atoms with Crippen LogP contribution in [-0.4, -0.2) is 35.2 Å². The molecule has 1 heterocycles. The molecular formula is C21H30NO4-. The molecule has 5 nitrogen and oxygen atoms in total. The minimum absolute atomic E-state index is 0.0749. The molecule has 144 valence electrons. The van der Waals surface area contributed by atoms with Crippen molar-refractivity contribution in [1.29, 1.82) is 0 Å². The second kappa shape index (κ2) is 7.29. The Labute approximate surface area is 156 Å². The summed E-state index contributed by atoms with van der Waals surface area (Å²) >= 11 is 0. The maximum atomic E-state index is 12.3. The summed E-state index contributed by atoms with van der Waals surface area (Å²) in [7, 11) is 0. The zero-order valence-electron chi connectivity index (χ0n) is 16.7. The first kappa shape index (κ1) is 20.3. The van der Waals surface area contributed by atoms with E-state index >= 15 is 0 Å². The molecule has 1 aromatic carbocycles. The highest BCUT2D eigenvalue weighted by Crippen LogP contribution is 2.29. The summed E-state index contributed by atoms with van der Waals surface area (Å²) in [6.07, 6.45) is 0.535. The molecular weight excluding hydrogens is 330 g/mol. The second-order valence-electron chi connectivity index (χ2n) is 9.22.